The molecule has 0 bridgehead atoms. The number of aromatic nitrogens is 1. The Bertz CT molecular complexity index is 2660. The zero-order chi connectivity index (χ0) is 33.8. The van der Waals surface area contributed by atoms with Crippen molar-refractivity contribution in [1.82, 2.24) is 4.57 Å². The van der Waals surface area contributed by atoms with Gasteiger partial charge in [-0.15, -0.1) is 11.3 Å². The van der Waals surface area contributed by atoms with Crippen molar-refractivity contribution in [3.05, 3.63) is 181 Å². The van der Waals surface area contributed by atoms with Gasteiger partial charge < -0.3 is 9.47 Å². The molecule has 0 aliphatic heterocycles. The van der Waals surface area contributed by atoms with Crippen molar-refractivity contribution in [1.29, 1.82) is 0 Å². The summed E-state index contributed by atoms with van der Waals surface area (Å²) in [5, 5.41) is 5.14. The highest BCUT2D eigenvalue weighted by atomic mass is 32.1. The number of rotatable bonds is 6. The Morgan fingerprint density at radius 3 is 1.90 bits per heavy atom. The molecule has 0 atom stereocenters. The van der Waals surface area contributed by atoms with Crippen molar-refractivity contribution in [3.63, 3.8) is 0 Å². The Morgan fingerprint density at radius 1 is 0.471 bits per heavy atom. The third-order valence-corrected chi connectivity index (χ3v) is 12.5. The molecule has 0 saturated heterocycles. The lowest BCUT2D eigenvalue weighted by molar-refractivity contribution is 0.346. The number of anilines is 3. The van der Waals surface area contributed by atoms with Gasteiger partial charge in [0, 0.05) is 48.7 Å². The largest absolute Gasteiger partial charge is 0.309 e. The number of hydrogen-bond acceptors (Lipinski definition) is 2. The van der Waals surface area contributed by atoms with Gasteiger partial charge in [-0.3, -0.25) is 0 Å². The van der Waals surface area contributed by atoms with Crippen molar-refractivity contribution in [2.45, 2.75) is 37.5 Å². The monoisotopic (exact) mass is 674 g/mol. The van der Waals surface area contributed by atoms with E-state index < -0.39 is 0 Å². The van der Waals surface area contributed by atoms with Crippen molar-refractivity contribution in [2.24, 2.45) is 0 Å². The van der Waals surface area contributed by atoms with E-state index in [2.05, 4.69) is 179 Å². The lowest BCUT2D eigenvalue weighted by atomic mass is 9.65. The Kier molecular flexibility index (Phi) is 7.28. The smallest absolute Gasteiger partial charge is 0.0640 e. The van der Waals surface area contributed by atoms with Crippen LogP contribution in [-0.4, -0.2) is 4.57 Å². The molecule has 0 N–H and O–H groups in total. The molecule has 0 unspecified atom stereocenters. The quantitative estimate of drug-likeness (QED) is 0.170. The van der Waals surface area contributed by atoms with Gasteiger partial charge in [0.25, 0.3) is 0 Å². The Balaban J connectivity index is 1.19. The fourth-order valence-electron chi connectivity index (χ4n) is 8.88. The van der Waals surface area contributed by atoms with E-state index in [9.17, 15) is 0 Å². The predicted molar refractivity (Wildman–Crippen MR) is 219 cm³/mol. The molecule has 0 radical (unpaired) electrons. The highest BCUT2D eigenvalue weighted by Crippen LogP contribution is 2.48. The number of para-hydroxylation sites is 2. The van der Waals surface area contributed by atoms with Crippen LogP contribution in [0, 0.1) is 0 Å². The second-order valence-corrected chi connectivity index (χ2v) is 15.1. The van der Waals surface area contributed by atoms with E-state index in [0.717, 1.165) is 5.69 Å². The first-order chi connectivity index (χ1) is 25.3. The van der Waals surface area contributed by atoms with E-state index in [0.29, 0.717) is 0 Å². The van der Waals surface area contributed by atoms with Gasteiger partial charge in [-0.2, -0.15) is 0 Å². The zero-order valence-electron chi connectivity index (χ0n) is 28.5. The van der Waals surface area contributed by atoms with Crippen LogP contribution >= 0.6 is 11.3 Å². The van der Waals surface area contributed by atoms with Gasteiger partial charge in [-0.05, 0) is 84.6 Å². The summed E-state index contributed by atoms with van der Waals surface area (Å²) < 4.78 is 5.02. The summed E-state index contributed by atoms with van der Waals surface area (Å²) in [4.78, 5) is 2.49. The highest BCUT2D eigenvalue weighted by molar-refractivity contribution is 7.26. The van der Waals surface area contributed by atoms with E-state index in [1.54, 1.807) is 0 Å². The van der Waals surface area contributed by atoms with Crippen LogP contribution in [0.1, 0.15) is 43.2 Å². The van der Waals surface area contributed by atoms with Crippen molar-refractivity contribution in [2.75, 3.05) is 4.90 Å². The van der Waals surface area contributed by atoms with Crippen molar-refractivity contribution >= 4 is 70.4 Å². The Labute approximate surface area is 302 Å². The SMILES string of the molecule is c1ccc(-n2c3ccccc3c3cc(N(c4ccc(C5(c6ccccc6)CCCCC5)cc4)c4cccc5c4sc4ccccc45)ccc32)cc1. The Morgan fingerprint density at radius 2 is 1.10 bits per heavy atom. The molecule has 2 heterocycles. The molecular weight excluding hydrogens is 637 g/mol. The molecule has 1 saturated carbocycles. The molecule has 1 aliphatic rings. The molecule has 246 valence electrons. The van der Waals surface area contributed by atoms with E-state index in [1.807, 2.05) is 11.3 Å². The second-order valence-electron chi connectivity index (χ2n) is 14.0. The predicted octanol–water partition coefficient (Wildman–Crippen LogP) is 13.9. The molecule has 2 nitrogen and oxygen atoms in total. The van der Waals surface area contributed by atoms with Gasteiger partial charge in [0.1, 0.15) is 0 Å². The summed E-state index contributed by atoms with van der Waals surface area (Å²) in [7, 11) is 0. The summed E-state index contributed by atoms with van der Waals surface area (Å²) in [6.45, 7) is 0. The highest BCUT2D eigenvalue weighted by Gasteiger charge is 2.35. The van der Waals surface area contributed by atoms with E-state index in [-0.39, 0.29) is 5.41 Å². The van der Waals surface area contributed by atoms with Gasteiger partial charge >= 0.3 is 0 Å². The summed E-state index contributed by atoms with van der Waals surface area (Å²) in [5.74, 6) is 0. The maximum atomic E-state index is 2.49. The van der Waals surface area contributed by atoms with Crippen LogP contribution in [-0.2, 0) is 5.41 Å². The molecule has 1 fully saturated rings. The summed E-state index contributed by atoms with van der Waals surface area (Å²) in [5.41, 5.74) is 10.1. The number of fused-ring (bicyclic) bond motifs is 6. The van der Waals surface area contributed by atoms with Gasteiger partial charge in [0.2, 0.25) is 0 Å². The van der Waals surface area contributed by atoms with Crippen LogP contribution in [0.5, 0.6) is 0 Å². The molecule has 10 rings (SSSR count). The van der Waals surface area contributed by atoms with Crippen molar-refractivity contribution < 1.29 is 0 Å². The van der Waals surface area contributed by atoms with Crippen LogP contribution in [0.15, 0.2) is 170 Å². The number of benzene rings is 7. The van der Waals surface area contributed by atoms with Crippen LogP contribution < -0.4 is 4.90 Å². The van der Waals surface area contributed by atoms with Crippen LogP contribution in [0.25, 0.3) is 47.7 Å². The van der Waals surface area contributed by atoms with E-state index in [1.165, 1.54) is 102 Å². The fourth-order valence-corrected chi connectivity index (χ4v) is 10.1. The standard InChI is InChI=1S/C48H38N2S/c1-4-15-34(16-5-1)48(31-12-3-13-32-48)35-25-27-37(28-26-35)49(45-23-14-21-41-40-20-9-11-24-46(40)51-47(41)45)38-29-30-44-42(33-38)39-19-8-10-22-43(39)50(44)36-17-6-2-7-18-36/h1-2,4-11,14-30,33H,3,12-13,31-32H2. The normalized spacial score (nSPS) is 14.4. The van der Waals surface area contributed by atoms with Gasteiger partial charge in [0.15, 0.2) is 0 Å². The summed E-state index contributed by atoms with van der Waals surface area (Å²) in [6, 6.07) is 63.0. The van der Waals surface area contributed by atoms with E-state index in [4.69, 9.17) is 0 Å². The molecule has 3 heteroatoms. The average Bonchev–Trinajstić information content (AvgIpc) is 3.75. The molecule has 7 aromatic carbocycles. The second kappa shape index (κ2) is 12.3. The first kappa shape index (κ1) is 30.2. The molecule has 1 aliphatic carbocycles. The number of thiophene rings is 1. The van der Waals surface area contributed by atoms with Gasteiger partial charge in [0.05, 0.1) is 21.4 Å². The molecule has 0 spiro atoms. The number of nitrogens with zero attached hydrogens (tertiary/aromatic N) is 2. The minimum atomic E-state index is 0.0620. The molecular formula is C48H38N2S. The minimum absolute atomic E-state index is 0.0620. The lowest BCUT2D eigenvalue weighted by Gasteiger charge is -2.39. The molecule has 51 heavy (non-hydrogen) atoms. The van der Waals surface area contributed by atoms with E-state index >= 15 is 0 Å². The number of hydrogen-bond donors (Lipinski definition) is 0. The summed E-state index contributed by atoms with van der Waals surface area (Å²) >= 11 is 1.89. The Hall–Kier alpha value is -5.64. The first-order valence-electron chi connectivity index (χ1n) is 18.2. The minimum Gasteiger partial charge on any atom is -0.309 e. The zero-order valence-corrected chi connectivity index (χ0v) is 29.3. The average molecular weight is 675 g/mol. The maximum Gasteiger partial charge on any atom is 0.0640 e. The van der Waals surface area contributed by atoms with Crippen LogP contribution in [0.4, 0.5) is 17.1 Å². The third kappa shape index (κ3) is 4.91. The lowest BCUT2D eigenvalue weighted by Crippen LogP contribution is -2.30. The molecule has 9 aromatic rings. The fraction of sp³-hybridized carbons (Fsp3) is 0.125. The topological polar surface area (TPSA) is 8.17 Å². The molecule has 0 amide bonds. The van der Waals surface area contributed by atoms with Crippen LogP contribution in [0.3, 0.4) is 0 Å². The first-order valence-corrected chi connectivity index (χ1v) is 19.1. The maximum absolute atomic E-state index is 2.49. The molecule has 2 aromatic heterocycles. The van der Waals surface area contributed by atoms with Crippen LogP contribution in [0.2, 0.25) is 0 Å². The van der Waals surface area contributed by atoms with Gasteiger partial charge in [-0.25, -0.2) is 0 Å². The third-order valence-electron chi connectivity index (χ3n) is 11.3. The van der Waals surface area contributed by atoms with Gasteiger partial charge in [-0.1, -0.05) is 128 Å². The summed E-state index contributed by atoms with van der Waals surface area (Å²) in [6.07, 6.45) is 6.26. The van der Waals surface area contributed by atoms with Crippen molar-refractivity contribution in [3.8, 4) is 5.69 Å².